The molecule has 3 aromatic heterocycles. The van der Waals surface area contributed by atoms with Gasteiger partial charge in [-0.1, -0.05) is 6.07 Å². The Bertz CT molecular complexity index is 724. The van der Waals surface area contributed by atoms with Crippen molar-refractivity contribution in [2.75, 3.05) is 18.4 Å². The molecule has 0 aliphatic carbocycles. The first kappa shape index (κ1) is 14.3. The third-order valence-electron chi connectivity index (χ3n) is 2.98. The van der Waals surface area contributed by atoms with E-state index >= 15 is 0 Å². The first-order valence-electron chi connectivity index (χ1n) is 6.84. The van der Waals surface area contributed by atoms with Crippen molar-refractivity contribution >= 4 is 23.1 Å². The van der Waals surface area contributed by atoms with Crippen molar-refractivity contribution in [3.63, 3.8) is 0 Å². The number of hydrogen-bond acceptors (Lipinski definition) is 5. The van der Waals surface area contributed by atoms with Crippen LogP contribution in [-0.2, 0) is 0 Å². The van der Waals surface area contributed by atoms with Gasteiger partial charge in [0.2, 0.25) is 0 Å². The minimum atomic E-state index is -0.0486. The fourth-order valence-corrected chi connectivity index (χ4v) is 2.57. The standard InChI is InChI=1S/C15H15N5OS/c21-15(12-4-3-9-22-12)17-6-5-16-13-10-14(19-11-18-13)20-7-1-2-8-20/h1-4,7-11H,5-6H2,(H,17,21)(H,16,18,19). The summed E-state index contributed by atoms with van der Waals surface area (Å²) in [7, 11) is 0. The van der Waals surface area contributed by atoms with Crippen molar-refractivity contribution in [1.82, 2.24) is 19.9 Å². The number of nitrogens with zero attached hydrogens (tertiary/aromatic N) is 3. The summed E-state index contributed by atoms with van der Waals surface area (Å²) >= 11 is 1.43. The summed E-state index contributed by atoms with van der Waals surface area (Å²) in [4.78, 5) is 20.9. The van der Waals surface area contributed by atoms with Crippen LogP contribution in [0.15, 0.2) is 54.4 Å². The molecule has 0 atom stereocenters. The summed E-state index contributed by atoms with van der Waals surface area (Å²) in [6.45, 7) is 1.12. The van der Waals surface area contributed by atoms with E-state index < -0.39 is 0 Å². The highest BCUT2D eigenvalue weighted by atomic mass is 32.1. The summed E-state index contributed by atoms with van der Waals surface area (Å²) in [6.07, 6.45) is 5.36. The molecule has 1 amide bonds. The molecular weight excluding hydrogens is 298 g/mol. The fourth-order valence-electron chi connectivity index (χ4n) is 1.93. The maximum absolute atomic E-state index is 11.8. The van der Waals surface area contributed by atoms with Gasteiger partial charge in [-0.3, -0.25) is 4.79 Å². The number of carbonyl (C=O) groups excluding carboxylic acids is 1. The zero-order valence-corrected chi connectivity index (χ0v) is 12.6. The number of rotatable bonds is 6. The topological polar surface area (TPSA) is 71.8 Å². The van der Waals surface area contributed by atoms with Crippen LogP contribution in [0, 0.1) is 0 Å². The first-order valence-corrected chi connectivity index (χ1v) is 7.72. The molecule has 0 bridgehead atoms. The molecule has 0 spiro atoms. The third-order valence-corrected chi connectivity index (χ3v) is 3.85. The molecule has 0 aliphatic heterocycles. The van der Waals surface area contributed by atoms with Crippen LogP contribution in [-0.4, -0.2) is 33.5 Å². The van der Waals surface area contributed by atoms with Crippen LogP contribution >= 0.6 is 11.3 Å². The van der Waals surface area contributed by atoms with Gasteiger partial charge in [-0.05, 0) is 23.6 Å². The van der Waals surface area contributed by atoms with E-state index in [0.717, 1.165) is 16.5 Å². The quantitative estimate of drug-likeness (QED) is 0.684. The lowest BCUT2D eigenvalue weighted by molar-refractivity contribution is 0.0959. The van der Waals surface area contributed by atoms with Crippen LogP contribution in [0.25, 0.3) is 5.82 Å². The lowest BCUT2D eigenvalue weighted by atomic mass is 10.4. The van der Waals surface area contributed by atoms with Gasteiger partial charge >= 0.3 is 0 Å². The van der Waals surface area contributed by atoms with Gasteiger partial charge in [-0.2, -0.15) is 0 Å². The molecule has 0 radical (unpaired) electrons. The molecule has 2 N–H and O–H groups in total. The van der Waals surface area contributed by atoms with Crippen molar-refractivity contribution < 1.29 is 4.79 Å². The largest absolute Gasteiger partial charge is 0.368 e. The predicted molar refractivity (Wildman–Crippen MR) is 86.5 cm³/mol. The number of aromatic nitrogens is 3. The van der Waals surface area contributed by atoms with Crippen LogP contribution in [0.3, 0.4) is 0 Å². The number of nitrogens with one attached hydrogen (secondary N) is 2. The molecule has 7 heteroatoms. The van der Waals surface area contributed by atoms with Crippen LogP contribution in [0.1, 0.15) is 9.67 Å². The highest BCUT2D eigenvalue weighted by Crippen LogP contribution is 2.09. The molecule has 3 heterocycles. The van der Waals surface area contributed by atoms with Crippen molar-refractivity contribution in [1.29, 1.82) is 0 Å². The van der Waals surface area contributed by atoms with E-state index in [-0.39, 0.29) is 5.91 Å². The lowest BCUT2D eigenvalue weighted by Crippen LogP contribution is -2.28. The SMILES string of the molecule is O=C(NCCNc1cc(-n2cccc2)ncn1)c1cccs1. The summed E-state index contributed by atoms with van der Waals surface area (Å²) < 4.78 is 1.91. The van der Waals surface area contributed by atoms with E-state index in [1.165, 1.54) is 17.7 Å². The maximum atomic E-state index is 11.8. The normalized spacial score (nSPS) is 10.4. The second-order valence-corrected chi connectivity index (χ2v) is 5.46. The lowest BCUT2D eigenvalue weighted by Gasteiger charge is -2.08. The Labute approximate surface area is 131 Å². The average Bonchev–Trinajstić information content (AvgIpc) is 3.24. The van der Waals surface area contributed by atoms with E-state index in [1.54, 1.807) is 6.07 Å². The molecule has 0 saturated carbocycles. The van der Waals surface area contributed by atoms with Gasteiger partial charge in [-0.25, -0.2) is 9.97 Å². The highest BCUT2D eigenvalue weighted by Gasteiger charge is 2.05. The van der Waals surface area contributed by atoms with Crippen LogP contribution < -0.4 is 10.6 Å². The molecule has 0 fully saturated rings. The first-order chi connectivity index (χ1) is 10.8. The smallest absolute Gasteiger partial charge is 0.261 e. The molecule has 0 aromatic carbocycles. The molecule has 0 saturated heterocycles. The minimum absolute atomic E-state index is 0.0486. The van der Waals surface area contributed by atoms with E-state index in [1.807, 2.05) is 46.6 Å². The van der Waals surface area contributed by atoms with E-state index in [0.29, 0.717) is 13.1 Å². The van der Waals surface area contributed by atoms with Gasteiger partial charge < -0.3 is 15.2 Å². The van der Waals surface area contributed by atoms with E-state index in [4.69, 9.17) is 0 Å². The Hall–Kier alpha value is -2.67. The van der Waals surface area contributed by atoms with E-state index in [2.05, 4.69) is 20.6 Å². The zero-order chi connectivity index (χ0) is 15.2. The zero-order valence-electron chi connectivity index (χ0n) is 11.8. The van der Waals surface area contributed by atoms with Crippen LogP contribution in [0.2, 0.25) is 0 Å². The molecule has 3 rings (SSSR count). The van der Waals surface area contributed by atoms with Gasteiger partial charge in [-0.15, -0.1) is 11.3 Å². The molecule has 22 heavy (non-hydrogen) atoms. The Morgan fingerprint density at radius 1 is 1.18 bits per heavy atom. The molecule has 112 valence electrons. The van der Waals surface area contributed by atoms with Gasteiger partial charge in [0.25, 0.3) is 5.91 Å². The Balaban J connectivity index is 1.50. The van der Waals surface area contributed by atoms with Crippen molar-refractivity contribution in [2.24, 2.45) is 0 Å². The number of carbonyl (C=O) groups is 1. The van der Waals surface area contributed by atoms with Gasteiger partial charge in [0.05, 0.1) is 4.88 Å². The maximum Gasteiger partial charge on any atom is 0.261 e. The minimum Gasteiger partial charge on any atom is -0.368 e. The van der Waals surface area contributed by atoms with Gasteiger partial charge in [0, 0.05) is 31.5 Å². The summed E-state index contributed by atoms with van der Waals surface area (Å²) in [5, 5.41) is 7.92. The number of hydrogen-bond donors (Lipinski definition) is 2. The van der Waals surface area contributed by atoms with E-state index in [9.17, 15) is 4.79 Å². The summed E-state index contributed by atoms with van der Waals surface area (Å²) in [6, 6.07) is 9.41. The number of amides is 1. The molecular formula is C15H15N5OS. The van der Waals surface area contributed by atoms with Crippen molar-refractivity contribution in [2.45, 2.75) is 0 Å². The monoisotopic (exact) mass is 313 g/mol. The Morgan fingerprint density at radius 3 is 2.82 bits per heavy atom. The molecule has 0 aliphatic rings. The van der Waals surface area contributed by atoms with Gasteiger partial charge in [0.15, 0.2) is 0 Å². The molecule has 0 unspecified atom stereocenters. The summed E-state index contributed by atoms with van der Waals surface area (Å²) in [5.74, 6) is 1.47. The van der Waals surface area contributed by atoms with Crippen molar-refractivity contribution in [3.05, 3.63) is 59.3 Å². The number of thiophene rings is 1. The third kappa shape index (κ3) is 3.50. The van der Waals surface area contributed by atoms with Crippen molar-refractivity contribution in [3.8, 4) is 5.82 Å². The second kappa shape index (κ2) is 6.86. The highest BCUT2D eigenvalue weighted by molar-refractivity contribution is 7.12. The Kier molecular flexibility index (Phi) is 4.45. The second-order valence-electron chi connectivity index (χ2n) is 4.51. The molecule has 6 nitrogen and oxygen atoms in total. The average molecular weight is 313 g/mol. The van der Waals surface area contributed by atoms with Gasteiger partial charge in [0.1, 0.15) is 18.0 Å². The Morgan fingerprint density at radius 2 is 2.05 bits per heavy atom. The summed E-state index contributed by atoms with van der Waals surface area (Å²) in [5.41, 5.74) is 0. The van der Waals surface area contributed by atoms with Crippen LogP contribution in [0.4, 0.5) is 5.82 Å². The number of anilines is 1. The molecule has 3 aromatic rings. The fraction of sp³-hybridized carbons (Fsp3) is 0.133. The van der Waals surface area contributed by atoms with Crippen LogP contribution in [0.5, 0.6) is 0 Å². The predicted octanol–water partition coefficient (Wildman–Crippen LogP) is 2.17.